The van der Waals surface area contributed by atoms with E-state index in [4.69, 9.17) is 26.8 Å². The lowest BCUT2D eigenvalue weighted by atomic mass is 10.1. The van der Waals surface area contributed by atoms with Gasteiger partial charge in [-0.05, 0) is 35.9 Å². The van der Waals surface area contributed by atoms with Gasteiger partial charge in [0.25, 0.3) is 5.91 Å². The van der Waals surface area contributed by atoms with Crippen molar-refractivity contribution in [2.45, 2.75) is 19.1 Å². The van der Waals surface area contributed by atoms with E-state index >= 15 is 0 Å². The molecule has 1 aromatic heterocycles. The number of aromatic nitrogens is 1. The van der Waals surface area contributed by atoms with Gasteiger partial charge in [0.15, 0.2) is 11.6 Å². The van der Waals surface area contributed by atoms with Crippen LogP contribution in [-0.2, 0) is 16.1 Å². The number of pyridine rings is 1. The topological polar surface area (TPSA) is 113 Å². The number of benzene rings is 3. The number of halogens is 4. The molecule has 0 saturated carbocycles. The summed E-state index contributed by atoms with van der Waals surface area (Å²) in [5.41, 5.74) is 7.08. The van der Waals surface area contributed by atoms with Crippen molar-refractivity contribution >= 4 is 35.0 Å². The van der Waals surface area contributed by atoms with E-state index in [-0.39, 0.29) is 40.0 Å². The molecule has 1 heterocycles. The van der Waals surface area contributed by atoms with Crippen molar-refractivity contribution in [3.8, 4) is 11.5 Å². The maximum absolute atomic E-state index is 13.2. The van der Waals surface area contributed by atoms with Gasteiger partial charge in [0.1, 0.15) is 12.4 Å². The van der Waals surface area contributed by atoms with Crippen molar-refractivity contribution in [1.29, 1.82) is 0 Å². The van der Waals surface area contributed by atoms with Crippen LogP contribution in [0.1, 0.15) is 27.6 Å². The molecule has 0 saturated heterocycles. The number of hydrogen-bond donors (Lipinski definition) is 2. The van der Waals surface area contributed by atoms with Gasteiger partial charge in [-0.1, -0.05) is 60.1 Å². The number of rotatable bonds is 9. The zero-order valence-corrected chi connectivity index (χ0v) is 21.3. The number of alkyl halides is 3. The first-order valence-corrected chi connectivity index (χ1v) is 12.0. The molecule has 12 heteroatoms. The summed E-state index contributed by atoms with van der Waals surface area (Å²) in [6, 6.07) is 21.1. The second kappa shape index (κ2) is 12.4. The Morgan fingerprint density at radius 1 is 0.975 bits per heavy atom. The molecule has 0 fully saturated rings. The third-order valence-corrected chi connectivity index (χ3v) is 5.51. The quantitative estimate of drug-likeness (QED) is 0.226. The smallest absolute Gasteiger partial charge is 0.470 e. The lowest BCUT2D eigenvalue weighted by molar-refractivity contribution is -0.274. The van der Waals surface area contributed by atoms with Crippen LogP contribution in [0, 0.1) is 0 Å². The highest BCUT2D eigenvalue weighted by atomic mass is 35.5. The molecule has 3 aromatic carbocycles. The van der Waals surface area contributed by atoms with Crippen molar-refractivity contribution in [3.05, 3.63) is 113 Å². The number of amides is 1. The fourth-order valence-corrected chi connectivity index (χ4v) is 3.67. The van der Waals surface area contributed by atoms with Gasteiger partial charge in [-0.3, -0.25) is 4.79 Å². The van der Waals surface area contributed by atoms with Gasteiger partial charge in [-0.25, -0.2) is 9.78 Å². The Morgan fingerprint density at radius 3 is 2.48 bits per heavy atom. The molecule has 0 aliphatic rings. The average molecular weight is 572 g/mol. The number of carbonyl (C=O) groups is 2. The highest BCUT2D eigenvalue weighted by molar-refractivity contribution is 6.30. The Hall–Kier alpha value is -4.77. The first kappa shape index (κ1) is 28.2. The summed E-state index contributed by atoms with van der Waals surface area (Å²) in [6.07, 6.45) is -4.93. The van der Waals surface area contributed by atoms with E-state index in [2.05, 4.69) is 15.0 Å². The summed E-state index contributed by atoms with van der Waals surface area (Å²) in [5.74, 6) is -2.00. The van der Waals surface area contributed by atoms with Crippen LogP contribution in [0.2, 0.25) is 5.02 Å². The summed E-state index contributed by atoms with van der Waals surface area (Å²) in [5, 5.41) is 2.80. The highest BCUT2D eigenvalue weighted by Crippen LogP contribution is 2.31. The molecule has 206 valence electrons. The molecule has 0 spiro atoms. The van der Waals surface area contributed by atoms with E-state index in [1.807, 2.05) is 6.07 Å². The zero-order valence-electron chi connectivity index (χ0n) is 20.5. The summed E-state index contributed by atoms with van der Waals surface area (Å²) in [4.78, 5) is 29.9. The van der Waals surface area contributed by atoms with E-state index in [0.29, 0.717) is 0 Å². The van der Waals surface area contributed by atoms with E-state index < -0.39 is 30.1 Å². The number of nitrogens with two attached hydrogens (primary N) is 1. The van der Waals surface area contributed by atoms with Gasteiger partial charge in [0.05, 0.1) is 5.02 Å². The maximum Gasteiger partial charge on any atom is 0.573 e. The average Bonchev–Trinajstić information content (AvgIpc) is 2.92. The van der Waals surface area contributed by atoms with E-state index in [1.165, 1.54) is 36.5 Å². The lowest BCUT2D eigenvalue weighted by Gasteiger charge is -2.20. The standard InChI is InChI=1S/C28H21ClF3N3O5/c29-20-14-23(25(33)34-15-20)39-24(27(37)38-16-17-6-2-1-3-7-17)18-8-4-10-21(12-18)35-26(36)19-9-5-11-22(13-19)40-28(30,31)32/h1-15,24H,16H2,(H2,33,34)(H,35,36)/t24-/m1/s1. The fraction of sp³-hybridized carbons (Fsp3) is 0.107. The van der Waals surface area contributed by atoms with Gasteiger partial charge in [0, 0.05) is 29.1 Å². The molecule has 4 aromatic rings. The molecule has 0 bridgehead atoms. The van der Waals surface area contributed by atoms with E-state index in [9.17, 15) is 22.8 Å². The van der Waals surface area contributed by atoms with Gasteiger partial charge in [-0.15, -0.1) is 13.2 Å². The monoisotopic (exact) mass is 571 g/mol. The number of nitrogens with zero attached hydrogens (tertiary/aromatic N) is 1. The molecule has 4 rings (SSSR count). The fourth-order valence-electron chi connectivity index (χ4n) is 3.53. The van der Waals surface area contributed by atoms with Crippen LogP contribution in [-0.4, -0.2) is 23.2 Å². The van der Waals surface area contributed by atoms with E-state index in [0.717, 1.165) is 17.7 Å². The second-order valence-corrected chi connectivity index (χ2v) is 8.72. The Bertz CT molecular complexity index is 1500. The highest BCUT2D eigenvalue weighted by Gasteiger charge is 2.31. The Morgan fingerprint density at radius 2 is 1.73 bits per heavy atom. The SMILES string of the molecule is Nc1ncc(Cl)cc1O[C@@H](C(=O)OCc1ccccc1)c1cccc(NC(=O)c2cccc(OC(F)(F)F)c2)c1. The molecule has 8 nitrogen and oxygen atoms in total. The van der Waals surface area contributed by atoms with Gasteiger partial charge < -0.3 is 25.3 Å². The van der Waals surface area contributed by atoms with Crippen LogP contribution in [0.4, 0.5) is 24.7 Å². The van der Waals surface area contributed by atoms with Crippen LogP contribution in [0.25, 0.3) is 0 Å². The molecular formula is C28H21ClF3N3O5. The third kappa shape index (κ3) is 7.87. The summed E-state index contributed by atoms with van der Waals surface area (Å²) >= 11 is 6.02. The Balaban J connectivity index is 1.57. The van der Waals surface area contributed by atoms with Crippen molar-refractivity contribution in [1.82, 2.24) is 4.98 Å². The second-order valence-electron chi connectivity index (χ2n) is 8.28. The zero-order chi connectivity index (χ0) is 28.7. The minimum atomic E-state index is -4.91. The van der Waals surface area contributed by atoms with Crippen molar-refractivity contribution in [3.63, 3.8) is 0 Å². The molecule has 0 aliphatic heterocycles. The number of nitrogens with one attached hydrogen (secondary N) is 1. The Labute approximate surface area is 231 Å². The number of carbonyl (C=O) groups excluding carboxylic acids is 2. The molecule has 1 atom stereocenters. The first-order chi connectivity index (χ1) is 19.1. The van der Waals surface area contributed by atoms with Crippen LogP contribution < -0.4 is 20.5 Å². The maximum atomic E-state index is 13.2. The largest absolute Gasteiger partial charge is 0.573 e. The normalized spacial score (nSPS) is 11.8. The molecule has 0 radical (unpaired) electrons. The molecular weight excluding hydrogens is 551 g/mol. The Kier molecular flexibility index (Phi) is 8.75. The number of esters is 1. The lowest BCUT2D eigenvalue weighted by Crippen LogP contribution is -2.22. The molecule has 40 heavy (non-hydrogen) atoms. The number of hydrogen-bond acceptors (Lipinski definition) is 7. The summed E-state index contributed by atoms with van der Waals surface area (Å²) in [7, 11) is 0. The van der Waals surface area contributed by atoms with Crippen molar-refractivity contribution < 1.29 is 37.0 Å². The van der Waals surface area contributed by atoms with Crippen LogP contribution in [0.15, 0.2) is 91.1 Å². The number of ether oxygens (including phenoxy) is 3. The summed E-state index contributed by atoms with van der Waals surface area (Å²) < 4.78 is 53.0. The minimum Gasteiger partial charge on any atom is -0.470 e. The molecule has 0 unspecified atom stereocenters. The van der Waals surface area contributed by atoms with Crippen molar-refractivity contribution in [2.75, 3.05) is 11.1 Å². The molecule has 3 N–H and O–H groups in total. The number of nitrogen functional groups attached to an aromatic ring is 1. The van der Waals surface area contributed by atoms with Crippen molar-refractivity contribution in [2.24, 2.45) is 0 Å². The summed E-state index contributed by atoms with van der Waals surface area (Å²) in [6.45, 7) is -0.0322. The first-order valence-electron chi connectivity index (χ1n) is 11.6. The molecule has 1 amide bonds. The third-order valence-electron chi connectivity index (χ3n) is 5.31. The minimum absolute atomic E-state index is 0.0179. The van der Waals surface area contributed by atoms with Crippen LogP contribution >= 0.6 is 11.6 Å². The number of anilines is 2. The van der Waals surface area contributed by atoms with Gasteiger partial charge in [0.2, 0.25) is 6.10 Å². The van der Waals surface area contributed by atoms with Crippen LogP contribution in [0.3, 0.4) is 0 Å². The van der Waals surface area contributed by atoms with Crippen LogP contribution in [0.5, 0.6) is 11.5 Å². The molecule has 0 aliphatic carbocycles. The predicted octanol–water partition coefficient (Wildman–Crippen LogP) is 6.33. The van der Waals surface area contributed by atoms with E-state index in [1.54, 1.807) is 36.4 Å². The van der Waals surface area contributed by atoms with Gasteiger partial charge >= 0.3 is 12.3 Å². The predicted molar refractivity (Wildman–Crippen MR) is 141 cm³/mol. The van der Waals surface area contributed by atoms with Gasteiger partial charge in [-0.2, -0.15) is 0 Å².